The van der Waals surface area contributed by atoms with Gasteiger partial charge in [0.15, 0.2) is 0 Å². The Bertz CT molecular complexity index is 1080. The van der Waals surface area contributed by atoms with Crippen molar-refractivity contribution in [2.75, 3.05) is 25.1 Å². The molecule has 1 aliphatic rings. The Hall–Kier alpha value is -3.52. The zero-order chi connectivity index (χ0) is 20.9. The number of thioether (sulfide) groups is 1. The lowest BCUT2D eigenvalue weighted by atomic mass is 10.2. The van der Waals surface area contributed by atoms with Crippen molar-refractivity contribution in [2.24, 2.45) is 0 Å². The van der Waals surface area contributed by atoms with Crippen LogP contribution in [0, 0.1) is 0 Å². The number of aromatic nitrogens is 1. The Balaban J connectivity index is 1.29. The second-order valence-corrected chi connectivity index (χ2v) is 7.59. The molecule has 1 saturated heterocycles. The Kier molecular flexibility index (Phi) is 5.85. The number of imide groups is 1. The number of rotatable bonds is 7. The highest BCUT2D eigenvalue weighted by molar-refractivity contribution is 8.18. The summed E-state index contributed by atoms with van der Waals surface area (Å²) in [4.78, 5) is 29.6. The van der Waals surface area contributed by atoms with Crippen LogP contribution in [0.1, 0.15) is 5.56 Å². The molecule has 0 unspecified atom stereocenters. The summed E-state index contributed by atoms with van der Waals surface area (Å²) < 4.78 is 11.4. The number of ether oxygens (including phenoxy) is 1. The molecule has 0 aliphatic carbocycles. The molecule has 0 spiro atoms. The average molecular weight is 421 g/mol. The first-order valence-corrected chi connectivity index (χ1v) is 10.1. The van der Waals surface area contributed by atoms with Gasteiger partial charge in [-0.3, -0.25) is 14.9 Å². The molecule has 152 valence electrons. The quantitative estimate of drug-likeness (QED) is 0.573. The molecule has 1 aromatic heterocycles. The summed E-state index contributed by atoms with van der Waals surface area (Å²) in [6.07, 6.45) is 3.32. The molecule has 1 N–H and O–H groups in total. The van der Waals surface area contributed by atoms with Crippen molar-refractivity contribution in [2.45, 2.75) is 0 Å². The molecule has 4 rings (SSSR count). The number of carbonyl (C=O) groups is 2. The highest BCUT2D eigenvalue weighted by atomic mass is 32.2. The van der Waals surface area contributed by atoms with Gasteiger partial charge in [0.1, 0.15) is 24.3 Å². The van der Waals surface area contributed by atoms with Crippen LogP contribution >= 0.6 is 11.8 Å². The van der Waals surface area contributed by atoms with Gasteiger partial charge >= 0.3 is 0 Å². The first-order chi connectivity index (χ1) is 14.6. The van der Waals surface area contributed by atoms with E-state index < -0.39 is 0 Å². The molecule has 0 radical (unpaired) electrons. The minimum absolute atomic E-state index is 0.350. The number of benzene rings is 2. The number of hydrogen-bond donors (Lipinski definition) is 1. The summed E-state index contributed by atoms with van der Waals surface area (Å²) in [5.41, 5.74) is 2.61. The van der Waals surface area contributed by atoms with Crippen molar-refractivity contribution in [3.8, 4) is 17.0 Å². The molecule has 30 heavy (non-hydrogen) atoms. The highest BCUT2D eigenvalue weighted by Crippen LogP contribution is 2.26. The van der Waals surface area contributed by atoms with Crippen molar-refractivity contribution in [1.82, 2.24) is 10.3 Å². The minimum Gasteiger partial charge on any atom is -0.492 e. The molecule has 2 heterocycles. The monoisotopic (exact) mass is 421 g/mol. The number of anilines is 1. The van der Waals surface area contributed by atoms with E-state index >= 15 is 0 Å². The fraction of sp³-hybridized carbons (Fsp3) is 0.136. The predicted molar refractivity (Wildman–Crippen MR) is 116 cm³/mol. The van der Waals surface area contributed by atoms with Gasteiger partial charge in [-0.15, -0.1) is 0 Å². The summed E-state index contributed by atoms with van der Waals surface area (Å²) in [6.45, 7) is 1.05. The molecule has 2 aromatic carbocycles. The number of likely N-dealkylation sites (N-methyl/N-ethyl adjacent to an activating group) is 1. The third kappa shape index (κ3) is 4.72. The second kappa shape index (κ2) is 8.87. The maximum absolute atomic E-state index is 11.6. The third-order valence-electron chi connectivity index (χ3n) is 4.40. The number of amides is 2. The normalized spacial score (nSPS) is 14.8. The van der Waals surface area contributed by atoms with E-state index in [-0.39, 0.29) is 11.1 Å². The first kappa shape index (κ1) is 19.8. The number of oxazole rings is 1. The van der Waals surface area contributed by atoms with Crippen molar-refractivity contribution < 1.29 is 18.7 Å². The summed E-state index contributed by atoms with van der Waals surface area (Å²) in [7, 11) is 1.89. The van der Waals surface area contributed by atoms with Gasteiger partial charge in [0.05, 0.1) is 11.4 Å². The van der Waals surface area contributed by atoms with Crippen LogP contribution in [-0.2, 0) is 4.79 Å². The lowest BCUT2D eigenvalue weighted by Gasteiger charge is -2.15. The SMILES string of the molecule is CN(CCOc1ccc(/C=C2/SC(=O)NC2=O)cc1)c1nc(-c2ccccc2)co1. The van der Waals surface area contributed by atoms with Gasteiger partial charge in [-0.1, -0.05) is 42.5 Å². The molecule has 1 aliphatic heterocycles. The summed E-state index contributed by atoms with van der Waals surface area (Å²) in [6, 6.07) is 17.7. The van der Waals surface area contributed by atoms with E-state index in [1.165, 1.54) is 0 Å². The van der Waals surface area contributed by atoms with E-state index in [4.69, 9.17) is 9.15 Å². The van der Waals surface area contributed by atoms with Crippen LogP contribution in [0.15, 0.2) is 70.2 Å². The number of carbonyl (C=O) groups excluding carboxylic acids is 2. The van der Waals surface area contributed by atoms with Crippen LogP contribution in [0.25, 0.3) is 17.3 Å². The zero-order valence-electron chi connectivity index (χ0n) is 16.2. The smallest absolute Gasteiger partial charge is 0.297 e. The summed E-state index contributed by atoms with van der Waals surface area (Å²) in [5, 5.41) is 1.89. The third-order valence-corrected chi connectivity index (χ3v) is 5.21. The number of nitrogens with zero attached hydrogens (tertiary/aromatic N) is 2. The fourth-order valence-corrected chi connectivity index (χ4v) is 3.49. The number of nitrogens with one attached hydrogen (secondary N) is 1. The minimum atomic E-state index is -0.365. The van der Waals surface area contributed by atoms with Gasteiger partial charge in [-0.2, -0.15) is 4.98 Å². The van der Waals surface area contributed by atoms with E-state index in [0.29, 0.717) is 29.8 Å². The van der Waals surface area contributed by atoms with Crippen molar-refractivity contribution in [1.29, 1.82) is 0 Å². The van der Waals surface area contributed by atoms with E-state index in [1.54, 1.807) is 12.3 Å². The van der Waals surface area contributed by atoms with Gasteiger partial charge in [-0.05, 0) is 35.5 Å². The molecule has 7 nitrogen and oxygen atoms in total. The zero-order valence-corrected chi connectivity index (χ0v) is 17.0. The predicted octanol–water partition coefficient (Wildman–Crippen LogP) is 4.18. The van der Waals surface area contributed by atoms with Crippen molar-refractivity contribution in [3.05, 3.63) is 71.3 Å². The average Bonchev–Trinajstić information content (AvgIpc) is 3.37. The van der Waals surface area contributed by atoms with Gasteiger partial charge in [0.25, 0.3) is 17.2 Å². The van der Waals surface area contributed by atoms with Crippen LogP contribution in [0.4, 0.5) is 10.8 Å². The molecule has 2 amide bonds. The Morgan fingerprint density at radius 2 is 1.90 bits per heavy atom. The maximum atomic E-state index is 11.6. The highest BCUT2D eigenvalue weighted by Gasteiger charge is 2.24. The van der Waals surface area contributed by atoms with Gasteiger partial charge in [0.2, 0.25) is 0 Å². The topological polar surface area (TPSA) is 84.7 Å². The molecule has 3 aromatic rings. The molecular formula is C22H19N3O4S. The van der Waals surface area contributed by atoms with Gasteiger partial charge in [-0.25, -0.2) is 0 Å². The summed E-state index contributed by atoms with van der Waals surface area (Å²) in [5.74, 6) is 0.345. The van der Waals surface area contributed by atoms with Crippen LogP contribution in [0.5, 0.6) is 5.75 Å². The fourth-order valence-electron chi connectivity index (χ4n) is 2.81. The van der Waals surface area contributed by atoms with Crippen molar-refractivity contribution >= 4 is 35.0 Å². The standard InChI is InChI=1S/C22H19N3O4S/c1-25(21-23-18(14-29-21)16-5-3-2-4-6-16)11-12-28-17-9-7-15(8-10-17)13-19-20(26)24-22(27)30-19/h2-10,13-14H,11-12H2,1H3,(H,24,26,27)/b19-13+. The van der Waals surface area contributed by atoms with Crippen LogP contribution in [0.3, 0.4) is 0 Å². The Morgan fingerprint density at radius 3 is 2.60 bits per heavy atom. The van der Waals surface area contributed by atoms with E-state index in [2.05, 4.69) is 10.3 Å². The number of hydrogen-bond acceptors (Lipinski definition) is 7. The Labute approximate surface area is 177 Å². The largest absolute Gasteiger partial charge is 0.492 e. The first-order valence-electron chi connectivity index (χ1n) is 9.28. The lowest BCUT2D eigenvalue weighted by Crippen LogP contribution is -2.24. The van der Waals surface area contributed by atoms with Crippen LogP contribution in [0.2, 0.25) is 0 Å². The van der Waals surface area contributed by atoms with E-state index in [0.717, 1.165) is 28.6 Å². The molecule has 0 atom stereocenters. The van der Waals surface area contributed by atoms with Gasteiger partial charge < -0.3 is 14.1 Å². The Morgan fingerprint density at radius 1 is 1.13 bits per heavy atom. The maximum Gasteiger partial charge on any atom is 0.297 e. The second-order valence-electron chi connectivity index (χ2n) is 6.57. The molecule has 0 bridgehead atoms. The van der Waals surface area contributed by atoms with Gasteiger partial charge in [0, 0.05) is 12.6 Å². The van der Waals surface area contributed by atoms with E-state index in [1.807, 2.05) is 66.5 Å². The molecule has 0 saturated carbocycles. The molecule has 1 fully saturated rings. The molecule has 8 heteroatoms. The summed E-state index contributed by atoms with van der Waals surface area (Å²) >= 11 is 0.898. The van der Waals surface area contributed by atoms with Crippen LogP contribution < -0.4 is 15.0 Å². The van der Waals surface area contributed by atoms with Crippen LogP contribution in [-0.4, -0.2) is 36.3 Å². The lowest BCUT2D eigenvalue weighted by molar-refractivity contribution is -0.115. The van der Waals surface area contributed by atoms with Crippen molar-refractivity contribution in [3.63, 3.8) is 0 Å². The molecular weight excluding hydrogens is 402 g/mol. The van der Waals surface area contributed by atoms with E-state index in [9.17, 15) is 9.59 Å².